The van der Waals surface area contributed by atoms with E-state index in [0.29, 0.717) is 13.2 Å². The molecule has 17 heavy (non-hydrogen) atoms. The van der Waals surface area contributed by atoms with E-state index in [4.69, 9.17) is 24.4 Å². The molecular formula is C9H17ClO7. The SMILES string of the molecule is COCCOCOC(CCC(=O)O)C(=O)O.Cl. The quantitative estimate of drug-likeness (QED) is 0.437. The smallest absolute Gasteiger partial charge is 0.332 e. The van der Waals surface area contributed by atoms with Crippen LogP contribution in [0.4, 0.5) is 0 Å². The Hall–Kier alpha value is -0.890. The van der Waals surface area contributed by atoms with Gasteiger partial charge in [-0.2, -0.15) is 0 Å². The maximum Gasteiger partial charge on any atom is 0.332 e. The van der Waals surface area contributed by atoms with Gasteiger partial charge in [0, 0.05) is 13.5 Å². The molecule has 0 spiro atoms. The largest absolute Gasteiger partial charge is 0.481 e. The fourth-order valence-electron chi connectivity index (χ4n) is 0.864. The van der Waals surface area contributed by atoms with Crippen LogP contribution < -0.4 is 0 Å². The fraction of sp³-hybridized carbons (Fsp3) is 0.778. The number of hydrogen-bond donors (Lipinski definition) is 2. The lowest BCUT2D eigenvalue weighted by atomic mass is 10.2. The molecule has 0 rings (SSSR count). The average molecular weight is 273 g/mol. The standard InChI is InChI=1S/C9H16O7.ClH/c1-14-4-5-15-6-16-7(9(12)13)2-3-8(10)11;/h7H,2-6H2,1H3,(H,10,11)(H,12,13);1H. The van der Waals surface area contributed by atoms with E-state index >= 15 is 0 Å². The van der Waals surface area contributed by atoms with E-state index in [9.17, 15) is 9.59 Å². The predicted octanol–water partition coefficient (Wildman–Crippen LogP) is 0.363. The third kappa shape index (κ3) is 11.4. The van der Waals surface area contributed by atoms with Gasteiger partial charge in [-0.1, -0.05) is 0 Å². The number of carboxylic acid groups (broad SMARTS) is 2. The van der Waals surface area contributed by atoms with E-state index in [1.807, 2.05) is 0 Å². The molecule has 8 heteroatoms. The molecule has 0 bridgehead atoms. The van der Waals surface area contributed by atoms with Crippen molar-refractivity contribution in [3.05, 3.63) is 0 Å². The van der Waals surface area contributed by atoms with E-state index in [-0.39, 0.29) is 32.0 Å². The van der Waals surface area contributed by atoms with Gasteiger partial charge in [0.25, 0.3) is 0 Å². The Morgan fingerprint density at radius 2 is 1.88 bits per heavy atom. The van der Waals surface area contributed by atoms with Gasteiger partial charge in [0.2, 0.25) is 0 Å². The Morgan fingerprint density at radius 1 is 1.24 bits per heavy atom. The van der Waals surface area contributed by atoms with Crippen molar-refractivity contribution < 1.29 is 34.0 Å². The molecule has 0 fully saturated rings. The Kier molecular flexibility index (Phi) is 12.6. The van der Waals surface area contributed by atoms with Crippen LogP contribution >= 0.6 is 12.4 Å². The average Bonchev–Trinajstić information content (AvgIpc) is 2.21. The van der Waals surface area contributed by atoms with Crippen molar-refractivity contribution >= 4 is 24.3 Å². The number of methoxy groups -OCH3 is 1. The minimum atomic E-state index is -1.20. The molecular weight excluding hydrogens is 256 g/mol. The molecule has 102 valence electrons. The predicted molar refractivity (Wildman–Crippen MR) is 59.3 cm³/mol. The zero-order valence-corrected chi connectivity index (χ0v) is 10.3. The molecule has 0 aliphatic heterocycles. The zero-order valence-electron chi connectivity index (χ0n) is 9.46. The van der Waals surface area contributed by atoms with Crippen molar-refractivity contribution in [2.75, 3.05) is 27.1 Å². The molecule has 7 nitrogen and oxygen atoms in total. The number of ether oxygens (including phenoxy) is 3. The van der Waals surface area contributed by atoms with Crippen LogP contribution in [0.25, 0.3) is 0 Å². The fourth-order valence-corrected chi connectivity index (χ4v) is 0.864. The molecule has 0 aromatic carbocycles. The van der Waals surface area contributed by atoms with Gasteiger partial charge in [0.15, 0.2) is 6.10 Å². The van der Waals surface area contributed by atoms with Crippen LogP contribution in [0.15, 0.2) is 0 Å². The highest BCUT2D eigenvalue weighted by Gasteiger charge is 2.19. The minimum Gasteiger partial charge on any atom is -0.481 e. The van der Waals surface area contributed by atoms with Crippen molar-refractivity contribution in [3.8, 4) is 0 Å². The van der Waals surface area contributed by atoms with E-state index < -0.39 is 18.0 Å². The van der Waals surface area contributed by atoms with Gasteiger partial charge >= 0.3 is 11.9 Å². The highest BCUT2D eigenvalue weighted by molar-refractivity contribution is 5.85. The molecule has 0 heterocycles. The topological polar surface area (TPSA) is 102 Å². The molecule has 0 saturated carbocycles. The second-order valence-electron chi connectivity index (χ2n) is 2.94. The summed E-state index contributed by atoms with van der Waals surface area (Å²) in [5, 5.41) is 17.1. The molecule has 2 N–H and O–H groups in total. The van der Waals surface area contributed by atoms with Crippen LogP contribution in [0.1, 0.15) is 12.8 Å². The Morgan fingerprint density at radius 3 is 2.35 bits per heavy atom. The number of hydrogen-bond acceptors (Lipinski definition) is 5. The van der Waals surface area contributed by atoms with Crippen molar-refractivity contribution in [1.82, 2.24) is 0 Å². The van der Waals surface area contributed by atoms with Gasteiger partial charge < -0.3 is 24.4 Å². The van der Waals surface area contributed by atoms with Gasteiger partial charge in [0.05, 0.1) is 13.2 Å². The molecule has 0 aromatic rings. The first kappa shape index (κ1) is 18.5. The third-order valence-corrected chi connectivity index (χ3v) is 1.68. The number of halogens is 1. The minimum absolute atomic E-state index is 0. The highest BCUT2D eigenvalue weighted by Crippen LogP contribution is 2.03. The molecule has 1 atom stereocenters. The molecule has 1 unspecified atom stereocenters. The summed E-state index contributed by atoms with van der Waals surface area (Å²) in [4.78, 5) is 20.9. The zero-order chi connectivity index (χ0) is 12.4. The molecule has 0 aromatic heterocycles. The summed E-state index contributed by atoms with van der Waals surface area (Å²) in [6.07, 6.45) is -1.49. The summed E-state index contributed by atoms with van der Waals surface area (Å²) in [6.45, 7) is 0.484. The summed E-state index contributed by atoms with van der Waals surface area (Å²) in [7, 11) is 1.51. The Labute approximate surface area is 105 Å². The van der Waals surface area contributed by atoms with Crippen LogP contribution in [0.3, 0.4) is 0 Å². The maximum atomic E-state index is 10.6. The van der Waals surface area contributed by atoms with Gasteiger partial charge in [-0.25, -0.2) is 4.79 Å². The van der Waals surface area contributed by atoms with Crippen LogP contribution in [0, 0.1) is 0 Å². The lowest BCUT2D eigenvalue weighted by Gasteiger charge is -2.12. The van der Waals surface area contributed by atoms with Crippen molar-refractivity contribution in [1.29, 1.82) is 0 Å². The molecule has 0 aliphatic carbocycles. The monoisotopic (exact) mass is 272 g/mol. The summed E-state index contributed by atoms with van der Waals surface area (Å²) in [6, 6.07) is 0. The first-order chi connectivity index (χ1) is 7.57. The summed E-state index contributed by atoms with van der Waals surface area (Å²) >= 11 is 0. The number of carbonyl (C=O) groups is 2. The summed E-state index contributed by atoms with van der Waals surface area (Å²) in [5.74, 6) is -2.26. The number of aliphatic carboxylic acids is 2. The second-order valence-corrected chi connectivity index (χ2v) is 2.94. The number of carboxylic acids is 2. The van der Waals surface area contributed by atoms with Crippen LogP contribution in [-0.2, 0) is 23.8 Å². The van der Waals surface area contributed by atoms with Crippen LogP contribution in [0.5, 0.6) is 0 Å². The van der Waals surface area contributed by atoms with E-state index in [2.05, 4.69) is 0 Å². The van der Waals surface area contributed by atoms with Crippen molar-refractivity contribution in [3.63, 3.8) is 0 Å². The van der Waals surface area contributed by atoms with Crippen molar-refractivity contribution in [2.24, 2.45) is 0 Å². The van der Waals surface area contributed by atoms with E-state index in [1.165, 1.54) is 7.11 Å². The van der Waals surface area contributed by atoms with Crippen molar-refractivity contribution in [2.45, 2.75) is 18.9 Å². The van der Waals surface area contributed by atoms with Crippen LogP contribution in [-0.4, -0.2) is 55.4 Å². The van der Waals surface area contributed by atoms with Gasteiger partial charge in [-0.05, 0) is 6.42 Å². The molecule has 0 aliphatic rings. The Bertz CT molecular complexity index is 221. The normalized spacial score (nSPS) is 11.6. The molecule has 0 saturated heterocycles. The lowest BCUT2D eigenvalue weighted by Crippen LogP contribution is -2.26. The van der Waals surface area contributed by atoms with Crippen LogP contribution in [0.2, 0.25) is 0 Å². The maximum absolute atomic E-state index is 10.6. The second kappa shape index (κ2) is 11.6. The molecule has 0 amide bonds. The lowest BCUT2D eigenvalue weighted by molar-refractivity contribution is -0.163. The third-order valence-electron chi connectivity index (χ3n) is 1.68. The Balaban J connectivity index is 0. The first-order valence-electron chi connectivity index (χ1n) is 4.70. The first-order valence-corrected chi connectivity index (χ1v) is 4.70. The van der Waals surface area contributed by atoms with E-state index in [1.54, 1.807) is 0 Å². The number of rotatable bonds is 10. The summed E-state index contributed by atoms with van der Waals surface area (Å²) < 4.78 is 14.5. The molecule has 0 radical (unpaired) electrons. The van der Waals surface area contributed by atoms with Gasteiger partial charge in [0.1, 0.15) is 6.79 Å². The van der Waals surface area contributed by atoms with E-state index in [0.717, 1.165) is 0 Å². The van der Waals surface area contributed by atoms with Gasteiger partial charge in [-0.3, -0.25) is 4.79 Å². The summed E-state index contributed by atoms with van der Waals surface area (Å²) in [5.41, 5.74) is 0. The highest BCUT2D eigenvalue weighted by atomic mass is 35.5. The van der Waals surface area contributed by atoms with Gasteiger partial charge in [-0.15, -0.1) is 12.4 Å².